The van der Waals surface area contributed by atoms with Crippen molar-refractivity contribution < 1.29 is 19.1 Å². The zero-order valence-electron chi connectivity index (χ0n) is 23.6. The first-order chi connectivity index (χ1) is 19.5. The summed E-state index contributed by atoms with van der Waals surface area (Å²) in [6, 6.07) is 13.6. The first kappa shape index (κ1) is 29.0. The Hall–Kier alpha value is -3.50. The van der Waals surface area contributed by atoms with Crippen molar-refractivity contribution in [3.05, 3.63) is 70.5 Å². The molecule has 2 aromatic heterocycles. The molecular formula is C30H34ClN5O4S. The van der Waals surface area contributed by atoms with Gasteiger partial charge in [0.25, 0.3) is 0 Å². The summed E-state index contributed by atoms with van der Waals surface area (Å²) in [4.78, 5) is 37.2. The number of aromatic nitrogens is 2. The number of halogens is 1. The van der Waals surface area contributed by atoms with E-state index in [2.05, 4.69) is 32.3 Å². The SMILES string of the molecule is COC(=O)c1nc(Sc2ccnc(N)c2Cl)ccc1N1CCC2(CC1)Cc1ccccc1C2NC(=O)OC(C)(C)C. The second-order valence-electron chi connectivity index (χ2n) is 11.4. The summed E-state index contributed by atoms with van der Waals surface area (Å²) < 4.78 is 10.7. The normalized spacial score (nSPS) is 17.7. The highest BCUT2D eigenvalue weighted by atomic mass is 35.5. The van der Waals surface area contributed by atoms with E-state index < -0.39 is 17.7 Å². The molecule has 1 aliphatic heterocycles. The van der Waals surface area contributed by atoms with Gasteiger partial charge in [0.1, 0.15) is 16.4 Å². The third-order valence-electron chi connectivity index (χ3n) is 7.60. The number of nitrogens with two attached hydrogens (primary N) is 1. The van der Waals surface area contributed by atoms with Crippen LogP contribution in [0.5, 0.6) is 0 Å². The lowest BCUT2D eigenvalue weighted by Gasteiger charge is -2.44. The van der Waals surface area contributed by atoms with Gasteiger partial charge in [0.05, 0.1) is 23.9 Å². The molecule has 5 rings (SSSR count). The molecule has 1 aromatic carbocycles. The number of rotatable bonds is 5. The number of hydrogen-bond acceptors (Lipinski definition) is 9. The van der Waals surface area contributed by atoms with Crippen LogP contribution in [0, 0.1) is 5.41 Å². The van der Waals surface area contributed by atoms with E-state index >= 15 is 0 Å². The summed E-state index contributed by atoms with van der Waals surface area (Å²) in [5.41, 5.74) is 8.44. The number of piperidine rings is 1. The Morgan fingerprint density at radius 1 is 1.15 bits per heavy atom. The van der Waals surface area contributed by atoms with Gasteiger partial charge in [0.15, 0.2) is 5.69 Å². The third kappa shape index (κ3) is 6.08. The monoisotopic (exact) mass is 595 g/mol. The maximum atomic E-state index is 12.9. The Labute approximate surface area is 249 Å². The van der Waals surface area contributed by atoms with Crippen molar-refractivity contribution in [3.8, 4) is 0 Å². The fourth-order valence-electron chi connectivity index (χ4n) is 5.73. The minimum atomic E-state index is -0.587. The topological polar surface area (TPSA) is 120 Å². The van der Waals surface area contributed by atoms with Crippen molar-refractivity contribution in [2.24, 2.45) is 5.41 Å². The van der Waals surface area contributed by atoms with Crippen molar-refractivity contribution in [3.63, 3.8) is 0 Å². The van der Waals surface area contributed by atoms with Crippen molar-refractivity contribution in [2.75, 3.05) is 30.8 Å². The predicted molar refractivity (Wildman–Crippen MR) is 159 cm³/mol. The molecule has 1 unspecified atom stereocenters. The fraction of sp³-hybridized carbons (Fsp3) is 0.400. The Kier molecular flexibility index (Phi) is 8.07. The van der Waals surface area contributed by atoms with Crippen LogP contribution in [0.3, 0.4) is 0 Å². The van der Waals surface area contributed by atoms with E-state index in [4.69, 9.17) is 26.8 Å². The van der Waals surface area contributed by atoms with Crippen LogP contribution in [0.15, 0.2) is 58.6 Å². The minimum Gasteiger partial charge on any atom is -0.464 e. The van der Waals surface area contributed by atoms with Crippen LogP contribution in [0.2, 0.25) is 5.02 Å². The number of amides is 1. The molecule has 1 amide bonds. The number of esters is 1. The van der Waals surface area contributed by atoms with Gasteiger partial charge in [-0.25, -0.2) is 19.6 Å². The van der Waals surface area contributed by atoms with Gasteiger partial charge < -0.3 is 25.4 Å². The lowest BCUT2D eigenvalue weighted by molar-refractivity contribution is 0.0427. The van der Waals surface area contributed by atoms with E-state index in [9.17, 15) is 9.59 Å². The van der Waals surface area contributed by atoms with Crippen molar-refractivity contribution in [1.29, 1.82) is 0 Å². The van der Waals surface area contributed by atoms with E-state index in [-0.39, 0.29) is 23.0 Å². The third-order valence-corrected chi connectivity index (χ3v) is 9.11. The standard InChI is InChI=1S/C30H34ClN5O4S/c1-29(2,3)40-28(38)35-25-19-8-6-5-7-18(19)17-30(25)12-15-36(16-13-30)20-9-10-22(34-24(20)27(37)39-4)41-21-11-14-33-26(32)23(21)31/h5-11,14,25H,12-13,15-17H2,1-4H3,(H2,32,33)(H,35,38). The number of alkyl carbamates (subject to hydrolysis) is 1. The number of ether oxygens (including phenoxy) is 2. The van der Waals surface area contributed by atoms with E-state index in [1.165, 1.54) is 24.4 Å². The number of carbonyl (C=O) groups excluding carboxylic acids is 2. The zero-order chi connectivity index (χ0) is 29.4. The summed E-state index contributed by atoms with van der Waals surface area (Å²) in [5, 5.41) is 4.12. The molecule has 3 aromatic rings. The van der Waals surface area contributed by atoms with E-state index in [0.29, 0.717) is 33.7 Å². The average Bonchev–Trinajstić information content (AvgIpc) is 3.22. The molecule has 41 heavy (non-hydrogen) atoms. The highest BCUT2D eigenvalue weighted by molar-refractivity contribution is 7.99. The Bertz CT molecular complexity index is 1470. The Morgan fingerprint density at radius 3 is 2.59 bits per heavy atom. The number of pyridine rings is 2. The molecule has 1 saturated heterocycles. The van der Waals surface area contributed by atoms with Crippen LogP contribution in [-0.2, 0) is 15.9 Å². The number of fused-ring (bicyclic) bond motifs is 1. The van der Waals surface area contributed by atoms with Gasteiger partial charge in [-0.3, -0.25) is 0 Å². The van der Waals surface area contributed by atoms with Gasteiger partial charge >= 0.3 is 12.1 Å². The zero-order valence-corrected chi connectivity index (χ0v) is 25.1. The lowest BCUT2D eigenvalue weighted by atomic mass is 9.72. The molecule has 2 aliphatic rings. The molecule has 3 heterocycles. The smallest absolute Gasteiger partial charge is 0.408 e. The van der Waals surface area contributed by atoms with Crippen molar-refractivity contribution in [1.82, 2.24) is 15.3 Å². The van der Waals surface area contributed by atoms with Crippen molar-refractivity contribution >= 4 is 46.9 Å². The number of nitrogens with one attached hydrogen (secondary N) is 1. The highest BCUT2D eigenvalue weighted by Crippen LogP contribution is 2.52. The van der Waals surface area contributed by atoms with Gasteiger partial charge in [0, 0.05) is 29.6 Å². The number of nitrogen functional groups attached to an aromatic ring is 1. The predicted octanol–water partition coefficient (Wildman–Crippen LogP) is 6.06. The number of hydrogen-bond donors (Lipinski definition) is 2. The van der Waals surface area contributed by atoms with Gasteiger partial charge in [0.2, 0.25) is 0 Å². The van der Waals surface area contributed by atoms with Crippen LogP contribution < -0.4 is 16.0 Å². The second kappa shape index (κ2) is 11.4. The molecule has 3 N–H and O–H groups in total. The number of carbonyl (C=O) groups is 2. The molecule has 216 valence electrons. The molecule has 11 heteroatoms. The summed E-state index contributed by atoms with van der Waals surface area (Å²) in [6.07, 6.45) is 3.65. The molecule has 1 spiro atoms. The van der Waals surface area contributed by atoms with Crippen LogP contribution >= 0.6 is 23.4 Å². The summed E-state index contributed by atoms with van der Waals surface area (Å²) in [7, 11) is 1.35. The maximum Gasteiger partial charge on any atom is 0.408 e. The summed E-state index contributed by atoms with van der Waals surface area (Å²) in [6.45, 7) is 6.96. The quantitative estimate of drug-likeness (QED) is 0.339. The molecule has 1 aliphatic carbocycles. The maximum absolute atomic E-state index is 12.9. The number of methoxy groups -OCH3 is 1. The molecule has 1 fully saturated rings. The van der Waals surface area contributed by atoms with Gasteiger partial charge in [-0.05, 0) is 69.4 Å². The van der Waals surface area contributed by atoms with Crippen molar-refractivity contribution in [2.45, 2.75) is 61.6 Å². The average molecular weight is 596 g/mol. The van der Waals surface area contributed by atoms with Gasteiger partial charge in [-0.1, -0.05) is 47.6 Å². The van der Waals surface area contributed by atoms with Crippen LogP contribution in [0.4, 0.5) is 16.3 Å². The second-order valence-corrected chi connectivity index (χ2v) is 12.9. The van der Waals surface area contributed by atoms with Crippen LogP contribution in [0.25, 0.3) is 0 Å². The highest BCUT2D eigenvalue weighted by Gasteiger charge is 2.49. The van der Waals surface area contributed by atoms with Gasteiger partial charge in [-0.2, -0.15) is 0 Å². The largest absolute Gasteiger partial charge is 0.464 e. The molecular weight excluding hydrogens is 562 g/mol. The van der Waals surface area contributed by atoms with Crippen LogP contribution in [-0.4, -0.2) is 47.8 Å². The van der Waals surface area contributed by atoms with Crippen LogP contribution in [0.1, 0.15) is 61.3 Å². The summed E-state index contributed by atoms with van der Waals surface area (Å²) in [5.74, 6) is -0.280. The first-order valence-electron chi connectivity index (χ1n) is 13.5. The minimum absolute atomic E-state index is 0.162. The van der Waals surface area contributed by atoms with E-state index in [1.54, 1.807) is 12.3 Å². The Morgan fingerprint density at radius 2 is 1.88 bits per heavy atom. The number of nitrogens with zero attached hydrogens (tertiary/aromatic N) is 3. The molecule has 0 bridgehead atoms. The number of anilines is 2. The first-order valence-corrected chi connectivity index (χ1v) is 14.7. The molecule has 1 atom stereocenters. The number of benzene rings is 1. The van der Waals surface area contributed by atoms with Gasteiger partial charge in [-0.15, -0.1) is 0 Å². The molecule has 0 saturated carbocycles. The lowest BCUT2D eigenvalue weighted by Crippen LogP contribution is -2.48. The van der Waals surface area contributed by atoms with E-state index in [0.717, 1.165) is 24.8 Å². The van der Waals surface area contributed by atoms with E-state index in [1.807, 2.05) is 45.0 Å². The fourth-order valence-corrected chi connectivity index (χ4v) is 6.78. The Balaban J connectivity index is 1.38. The molecule has 9 nitrogen and oxygen atoms in total. The molecule has 0 radical (unpaired) electrons. The summed E-state index contributed by atoms with van der Waals surface area (Å²) >= 11 is 7.63.